The Hall–Kier alpha value is -4.05. The van der Waals surface area contributed by atoms with E-state index in [1.807, 2.05) is 0 Å². The van der Waals surface area contributed by atoms with E-state index in [1.165, 1.54) is 6.07 Å². The number of hydrogen-bond acceptors (Lipinski definition) is 3. The topological polar surface area (TPSA) is 27.7 Å². The predicted molar refractivity (Wildman–Crippen MR) is 151 cm³/mol. The fourth-order valence-corrected chi connectivity index (χ4v) is 5.45. The van der Waals surface area contributed by atoms with Crippen LogP contribution in [0.25, 0.3) is 22.3 Å². The van der Waals surface area contributed by atoms with Crippen LogP contribution in [0.3, 0.4) is 0 Å². The molecule has 10 heteroatoms. The Morgan fingerprint density at radius 1 is 0.773 bits per heavy atom. The van der Waals surface area contributed by atoms with E-state index >= 15 is 8.78 Å². The maximum Gasteiger partial charge on any atom is 0.432 e. The van der Waals surface area contributed by atoms with Gasteiger partial charge in [0.1, 0.15) is 28.8 Å². The minimum absolute atomic E-state index is 0.0112. The minimum Gasteiger partial charge on any atom is -0.460 e. The number of benzene rings is 4. The third-order valence-electron chi connectivity index (χ3n) is 7.66. The van der Waals surface area contributed by atoms with Gasteiger partial charge in [0, 0.05) is 11.6 Å². The summed E-state index contributed by atoms with van der Waals surface area (Å²) in [4.78, 5) is 0. The summed E-state index contributed by atoms with van der Waals surface area (Å²) in [6.07, 6.45) is -0.445. The first-order valence-electron chi connectivity index (χ1n) is 14.2. The van der Waals surface area contributed by atoms with Crippen LogP contribution in [-0.2, 0) is 10.8 Å². The molecule has 0 spiro atoms. The molecule has 0 N–H and O–H groups in total. The Labute approximate surface area is 250 Å². The van der Waals surface area contributed by atoms with Gasteiger partial charge in [-0.2, -0.15) is 8.78 Å². The molecule has 1 aliphatic heterocycles. The summed E-state index contributed by atoms with van der Waals surface area (Å²) in [7, 11) is 0. The van der Waals surface area contributed by atoms with Gasteiger partial charge < -0.3 is 14.2 Å². The first kappa shape index (κ1) is 31.4. The van der Waals surface area contributed by atoms with Gasteiger partial charge in [-0.05, 0) is 83.8 Å². The van der Waals surface area contributed by atoms with Gasteiger partial charge in [-0.15, -0.1) is 0 Å². The largest absolute Gasteiger partial charge is 0.460 e. The fraction of sp³-hybridized carbons (Fsp3) is 0.294. The Morgan fingerprint density at radius 3 is 2.05 bits per heavy atom. The normalized spacial score (nSPS) is 17.0. The molecule has 0 radical (unpaired) electrons. The fourth-order valence-electron chi connectivity index (χ4n) is 5.45. The highest BCUT2D eigenvalue weighted by Gasteiger charge is 2.41. The lowest BCUT2D eigenvalue weighted by Gasteiger charge is -2.29. The Balaban J connectivity index is 1.31. The van der Waals surface area contributed by atoms with Gasteiger partial charge in [0.2, 0.25) is 6.86 Å². The average Bonchev–Trinajstić information content (AvgIpc) is 2.98. The van der Waals surface area contributed by atoms with Crippen molar-refractivity contribution in [3.8, 4) is 33.8 Å². The Kier molecular flexibility index (Phi) is 9.48. The summed E-state index contributed by atoms with van der Waals surface area (Å²) in [6.45, 7) is 1.55. The number of alkyl halides is 3. The van der Waals surface area contributed by atoms with Crippen LogP contribution in [0, 0.1) is 29.2 Å². The summed E-state index contributed by atoms with van der Waals surface area (Å²) in [5.41, 5.74) is -0.422. The SMILES string of the molecule is CCCC1CCC(c2ccc(-c3cc(F)c(C(F)(F)Oc4ccc(-c5ccc(OCF)c(F)c5)c(F)c4)c(F)c3)cc2)OC1. The van der Waals surface area contributed by atoms with Crippen LogP contribution < -0.4 is 9.47 Å². The zero-order valence-electron chi connectivity index (χ0n) is 23.7. The van der Waals surface area contributed by atoms with E-state index in [0.29, 0.717) is 24.2 Å². The zero-order valence-corrected chi connectivity index (χ0v) is 23.7. The second-order valence-electron chi connectivity index (χ2n) is 10.7. The highest BCUT2D eigenvalue weighted by atomic mass is 19.3. The minimum atomic E-state index is -4.50. The first-order valence-corrected chi connectivity index (χ1v) is 14.2. The molecule has 1 fully saturated rings. The highest BCUT2D eigenvalue weighted by Crippen LogP contribution is 2.39. The summed E-state index contributed by atoms with van der Waals surface area (Å²) in [5.74, 6) is -5.70. The van der Waals surface area contributed by atoms with Crippen molar-refractivity contribution in [1.82, 2.24) is 0 Å². The van der Waals surface area contributed by atoms with Crippen LogP contribution in [0.15, 0.2) is 72.8 Å². The molecule has 1 saturated heterocycles. The maximum atomic E-state index is 15.0. The second-order valence-corrected chi connectivity index (χ2v) is 10.7. The molecule has 2 atom stereocenters. The molecule has 5 rings (SSSR count). The van der Waals surface area contributed by atoms with Crippen molar-refractivity contribution in [1.29, 1.82) is 0 Å². The summed E-state index contributed by atoms with van der Waals surface area (Å²) >= 11 is 0. The van der Waals surface area contributed by atoms with Crippen molar-refractivity contribution < 1.29 is 44.9 Å². The van der Waals surface area contributed by atoms with Crippen LogP contribution in [0.2, 0.25) is 0 Å². The summed E-state index contributed by atoms with van der Waals surface area (Å²) in [5, 5.41) is 0. The van der Waals surface area contributed by atoms with Crippen LogP contribution >= 0.6 is 0 Å². The molecule has 3 nitrogen and oxygen atoms in total. The van der Waals surface area contributed by atoms with Crippen molar-refractivity contribution in [2.24, 2.45) is 5.92 Å². The summed E-state index contributed by atoms with van der Waals surface area (Å²) < 4.78 is 116. The van der Waals surface area contributed by atoms with Gasteiger partial charge >= 0.3 is 6.11 Å². The second kappa shape index (κ2) is 13.3. The molecule has 4 aromatic carbocycles. The van der Waals surface area contributed by atoms with Crippen LogP contribution in [0.5, 0.6) is 11.5 Å². The molecule has 0 amide bonds. The van der Waals surface area contributed by atoms with Gasteiger partial charge in [-0.1, -0.05) is 43.7 Å². The van der Waals surface area contributed by atoms with E-state index in [0.717, 1.165) is 67.6 Å². The molecule has 232 valence electrons. The highest BCUT2D eigenvalue weighted by molar-refractivity contribution is 5.66. The van der Waals surface area contributed by atoms with Crippen LogP contribution in [0.1, 0.15) is 49.8 Å². The molecule has 1 heterocycles. The molecular formula is C34H29F7O3. The van der Waals surface area contributed by atoms with Gasteiger partial charge in [-0.3, -0.25) is 0 Å². The smallest absolute Gasteiger partial charge is 0.432 e. The number of halogens is 7. The third-order valence-corrected chi connectivity index (χ3v) is 7.66. The number of hydrogen-bond donors (Lipinski definition) is 0. The predicted octanol–water partition coefficient (Wildman–Crippen LogP) is 10.3. The van der Waals surface area contributed by atoms with Gasteiger partial charge in [0.15, 0.2) is 11.6 Å². The van der Waals surface area contributed by atoms with Crippen molar-refractivity contribution in [2.45, 2.75) is 44.8 Å². The molecule has 1 aliphatic rings. The van der Waals surface area contributed by atoms with Gasteiger partial charge in [0.05, 0.1) is 12.7 Å². The lowest BCUT2D eigenvalue weighted by molar-refractivity contribution is -0.189. The summed E-state index contributed by atoms with van der Waals surface area (Å²) in [6, 6.07) is 14.2. The molecular weight excluding hydrogens is 589 g/mol. The van der Waals surface area contributed by atoms with E-state index in [9.17, 15) is 22.0 Å². The lowest BCUT2D eigenvalue weighted by Crippen LogP contribution is -2.25. The van der Waals surface area contributed by atoms with E-state index in [1.54, 1.807) is 24.3 Å². The van der Waals surface area contributed by atoms with Gasteiger partial charge in [-0.25, -0.2) is 22.0 Å². The quantitative estimate of drug-likeness (QED) is 0.166. The van der Waals surface area contributed by atoms with Crippen molar-refractivity contribution in [3.63, 3.8) is 0 Å². The first-order chi connectivity index (χ1) is 21.1. The molecule has 4 aromatic rings. The van der Waals surface area contributed by atoms with E-state index in [-0.39, 0.29) is 22.8 Å². The molecule has 44 heavy (non-hydrogen) atoms. The molecule has 2 unspecified atom stereocenters. The van der Waals surface area contributed by atoms with Crippen molar-refractivity contribution in [2.75, 3.05) is 13.5 Å². The van der Waals surface area contributed by atoms with E-state index < -0.39 is 53.3 Å². The Morgan fingerprint density at radius 2 is 1.45 bits per heavy atom. The van der Waals surface area contributed by atoms with Crippen LogP contribution in [-0.4, -0.2) is 13.5 Å². The monoisotopic (exact) mass is 618 g/mol. The van der Waals surface area contributed by atoms with Crippen molar-refractivity contribution >= 4 is 0 Å². The third kappa shape index (κ3) is 6.85. The maximum absolute atomic E-state index is 15.0. The van der Waals surface area contributed by atoms with E-state index in [2.05, 4.69) is 16.4 Å². The zero-order chi connectivity index (χ0) is 31.4. The lowest BCUT2D eigenvalue weighted by atomic mass is 9.91. The average molecular weight is 619 g/mol. The standard InChI is InChI=1S/C34H29F7O3/c1-2-3-20-4-12-31(42-18-20)22-7-5-21(6-8-22)24-15-29(38)33(30(39)16-24)34(40,41)44-25-10-11-26(27(36)17-25)23-9-13-32(43-19-35)28(37)14-23/h5-11,13-17,20,31H,2-4,12,18-19H2,1H3. The number of ether oxygens (including phenoxy) is 3. The Bertz CT molecular complexity index is 1580. The molecule has 0 bridgehead atoms. The van der Waals surface area contributed by atoms with Gasteiger partial charge in [0.25, 0.3) is 0 Å². The number of rotatable bonds is 10. The molecule has 0 saturated carbocycles. The molecule has 0 aromatic heterocycles. The van der Waals surface area contributed by atoms with Crippen LogP contribution in [0.4, 0.5) is 30.7 Å². The molecule has 0 aliphatic carbocycles. The van der Waals surface area contributed by atoms with Crippen molar-refractivity contribution in [3.05, 3.63) is 107 Å². The van der Waals surface area contributed by atoms with E-state index in [4.69, 9.17) is 4.74 Å².